The number of rotatable bonds is 6. The minimum absolute atomic E-state index is 0.571. The molecule has 5 aromatic carbocycles. The van der Waals surface area contributed by atoms with Crippen molar-refractivity contribution < 1.29 is 110 Å². The molecule has 0 saturated carbocycles. The molecule has 0 aliphatic rings. The number of aromatic nitrogens is 2. The van der Waals surface area contributed by atoms with Gasteiger partial charge in [-0.2, -0.15) is 137 Å². The molecule has 1 heterocycles. The Balaban J connectivity index is 0.000000542. The number of benzene rings is 5. The Morgan fingerprint density at radius 1 is 0.389 bits per heavy atom. The van der Waals surface area contributed by atoms with Crippen molar-refractivity contribution in [3.8, 4) is 6.07 Å². The normalized spacial score (nSPS) is 13.3. The van der Waals surface area contributed by atoms with Gasteiger partial charge >= 0.3 is 55.1 Å². The maximum Gasteiger partial charge on any atom is 0.416 e. The molecule has 0 aliphatic carbocycles. The van der Waals surface area contributed by atoms with Crippen molar-refractivity contribution in [1.29, 1.82) is 5.26 Å². The Kier molecular flexibility index (Phi) is 15.0. The Morgan fingerprint density at radius 3 is 0.861 bits per heavy atom. The van der Waals surface area contributed by atoms with E-state index in [4.69, 9.17) is 5.26 Å². The molecule has 28 heteroatoms. The zero-order chi connectivity index (χ0) is 54.4. The van der Waals surface area contributed by atoms with Crippen LogP contribution in [0.1, 0.15) is 55.8 Å². The zero-order valence-electron chi connectivity index (χ0n) is 34.7. The fourth-order valence-corrected chi connectivity index (χ4v) is 7.47. The van der Waals surface area contributed by atoms with Gasteiger partial charge in [0.25, 0.3) is 0 Å². The molecule has 0 saturated heterocycles. The molecule has 0 unspecified atom stereocenters. The first-order valence-electron chi connectivity index (χ1n) is 19.3. The first-order valence-corrected chi connectivity index (χ1v) is 19.3. The highest BCUT2D eigenvalue weighted by atomic mass is 19.4. The van der Waals surface area contributed by atoms with Crippen LogP contribution in [0.4, 0.5) is 105 Å². The molecule has 0 radical (unpaired) electrons. The molecule has 0 atom stereocenters. The molecule has 0 aliphatic heterocycles. The Labute approximate surface area is 387 Å². The van der Waals surface area contributed by atoms with Crippen LogP contribution in [0, 0.1) is 11.3 Å². The van der Waals surface area contributed by atoms with E-state index in [1.165, 1.54) is 5.56 Å². The zero-order valence-corrected chi connectivity index (χ0v) is 34.7. The van der Waals surface area contributed by atoms with Gasteiger partial charge in [0.2, 0.25) is 0 Å². The van der Waals surface area contributed by atoms with E-state index >= 15 is 0 Å². The van der Waals surface area contributed by atoms with Gasteiger partial charge in [0.15, 0.2) is 18.8 Å². The van der Waals surface area contributed by atoms with E-state index in [1.54, 1.807) is 12.4 Å². The lowest BCUT2D eigenvalue weighted by Gasteiger charge is -2.46. The van der Waals surface area contributed by atoms with Crippen molar-refractivity contribution in [2.45, 2.75) is 56.0 Å². The van der Waals surface area contributed by atoms with E-state index in [-0.39, 0.29) is 0 Å². The maximum atomic E-state index is 14.2. The lowest BCUT2D eigenvalue weighted by molar-refractivity contribution is -0.691. The molecule has 1 aromatic heterocycles. The smallest absolute Gasteiger partial charge is 0.251 e. The maximum absolute atomic E-state index is 14.2. The predicted molar refractivity (Wildman–Crippen MR) is 205 cm³/mol. The van der Waals surface area contributed by atoms with Gasteiger partial charge in [-0.3, -0.25) is 4.98 Å². The van der Waals surface area contributed by atoms with E-state index in [2.05, 4.69) is 11.1 Å². The number of nitriles is 1. The summed E-state index contributed by atoms with van der Waals surface area (Å²) in [6, 6.07) is 3.34. The second-order valence-electron chi connectivity index (χ2n) is 15.4. The summed E-state index contributed by atoms with van der Waals surface area (Å²) in [6.07, 6.45) is -49.7. The third-order valence-electron chi connectivity index (χ3n) is 10.6. The molecule has 0 amide bonds. The highest BCUT2D eigenvalue weighted by molar-refractivity contribution is 7.20. The number of halogens is 24. The van der Waals surface area contributed by atoms with Gasteiger partial charge in [-0.05, 0) is 24.3 Å². The van der Waals surface area contributed by atoms with Crippen LogP contribution in [0.5, 0.6) is 0 Å². The van der Waals surface area contributed by atoms with Crippen LogP contribution in [0.2, 0.25) is 0 Å². The topological polar surface area (TPSA) is 40.6 Å². The summed E-state index contributed by atoms with van der Waals surface area (Å²) in [5, 5.41) is 8.89. The molecule has 0 fully saturated rings. The Morgan fingerprint density at radius 2 is 0.639 bits per heavy atom. The van der Waals surface area contributed by atoms with Crippen molar-refractivity contribution in [1.82, 2.24) is 4.98 Å². The van der Waals surface area contributed by atoms with E-state index in [9.17, 15) is 105 Å². The molecule has 384 valence electrons. The van der Waals surface area contributed by atoms with Gasteiger partial charge in [0, 0.05) is 5.56 Å². The molecule has 0 spiro atoms. The van der Waals surface area contributed by atoms with Crippen molar-refractivity contribution in [2.24, 2.45) is 0 Å². The summed E-state index contributed by atoms with van der Waals surface area (Å²) in [6.45, 7) is 0.701. The van der Waals surface area contributed by atoms with E-state index in [0.717, 1.165) is 0 Å². The number of hydrogen-bond donors (Lipinski definition) is 0. The van der Waals surface area contributed by atoms with Gasteiger partial charge < -0.3 is 0 Å². The van der Waals surface area contributed by atoms with Gasteiger partial charge in [-0.25, -0.2) is 0 Å². The highest BCUT2D eigenvalue weighted by Crippen LogP contribution is 2.41. The number of alkyl halides is 24. The summed E-state index contributed by atoms with van der Waals surface area (Å²) in [7, 11) is 0. The largest absolute Gasteiger partial charge is 0.416 e. The number of hydrogen-bond acceptors (Lipinski definition) is 2. The third-order valence-corrected chi connectivity index (χ3v) is 10.6. The van der Waals surface area contributed by atoms with Gasteiger partial charge in [-0.1, -0.05) is 78.9 Å². The summed E-state index contributed by atoms with van der Waals surface area (Å²) in [5.74, 6) is 0. The Bertz CT molecular complexity index is 2520. The molecule has 6 aromatic rings. The summed E-state index contributed by atoms with van der Waals surface area (Å²) >= 11 is 0. The van der Waals surface area contributed by atoms with Crippen LogP contribution in [-0.4, -0.2) is 11.1 Å². The predicted octanol–water partition coefficient (Wildman–Crippen LogP) is 12.5. The molecular weight excluding hydrogens is 1040 g/mol. The quantitative estimate of drug-likeness (QED) is 0.0947. The fourth-order valence-electron chi connectivity index (χ4n) is 7.47. The molecular formula is C44H22BF24N3. The van der Waals surface area contributed by atoms with Crippen molar-refractivity contribution in [3.05, 3.63) is 177 Å². The summed E-state index contributed by atoms with van der Waals surface area (Å²) in [5.41, 5.74) is -28.5. The van der Waals surface area contributed by atoms with Gasteiger partial charge in [0.1, 0.15) is 12.3 Å². The monoisotopic (exact) mass is 1060 g/mol. The van der Waals surface area contributed by atoms with Crippen LogP contribution >= 0.6 is 0 Å². The standard InChI is InChI=1S/C32H12BF24.C12H10N3/c34-25(35,36)13-1-14(26(37,38)39)6-21(5-13)33(22-7-15(27(40,41)42)2-16(8-22)28(43,44)45,23-9-17(29(46,47)48)3-18(10-23)30(49,50)51)24-11-19(31(52,53)54)4-20(12-24)32(55,56)57;13-8-12-9-14-6-7-15(12)10-11-4-2-1-3-5-11/h1-12H;1-7,9H,10H2/q-1;+1. The third kappa shape index (κ3) is 12.7. The van der Waals surface area contributed by atoms with Crippen molar-refractivity contribution in [2.75, 3.05) is 0 Å². The van der Waals surface area contributed by atoms with Gasteiger partial charge in [0.05, 0.1) is 50.7 Å². The lowest BCUT2D eigenvalue weighted by atomic mass is 9.12. The molecule has 6 rings (SSSR count). The summed E-state index contributed by atoms with van der Waals surface area (Å²) < 4.78 is 343. The van der Waals surface area contributed by atoms with Crippen molar-refractivity contribution >= 4 is 28.0 Å². The van der Waals surface area contributed by atoms with E-state index in [0.29, 0.717) is 12.2 Å². The van der Waals surface area contributed by atoms with Crippen LogP contribution in [0.15, 0.2) is 122 Å². The molecule has 72 heavy (non-hydrogen) atoms. The van der Waals surface area contributed by atoms with Crippen LogP contribution < -0.4 is 26.4 Å². The summed E-state index contributed by atoms with van der Waals surface area (Å²) in [4.78, 5) is 3.91. The Hall–Kier alpha value is -6.95. The average Bonchev–Trinajstić information content (AvgIpc) is 3.25. The van der Waals surface area contributed by atoms with E-state index < -0.39 is 195 Å². The first kappa shape index (κ1) is 56.0. The van der Waals surface area contributed by atoms with Crippen LogP contribution in [-0.2, 0) is 56.0 Å². The number of nitrogens with zero attached hydrogens (tertiary/aromatic N) is 3. The molecule has 0 bridgehead atoms. The van der Waals surface area contributed by atoms with E-state index in [1.807, 2.05) is 41.1 Å². The first-order chi connectivity index (χ1) is 32.7. The highest BCUT2D eigenvalue weighted by Gasteiger charge is 2.47. The second kappa shape index (κ2) is 19.2. The lowest BCUT2D eigenvalue weighted by Crippen LogP contribution is -2.75. The fraction of sp³-hybridized carbons (Fsp3) is 0.205. The molecule has 3 nitrogen and oxygen atoms in total. The minimum atomic E-state index is -6.13. The van der Waals surface area contributed by atoms with Gasteiger partial charge in [-0.15, -0.1) is 0 Å². The van der Waals surface area contributed by atoms with Crippen LogP contribution in [0.3, 0.4) is 0 Å². The minimum Gasteiger partial charge on any atom is -0.251 e. The second-order valence-corrected chi connectivity index (χ2v) is 15.4. The molecule has 0 N–H and O–H groups in total. The van der Waals surface area contributed by atoms with Crippen molar-refractivity contribution in [3.63, 3.8) is 0 Å². The average molecular weight is 1060 g/mol. The van der Waals surface area contributed by atoms with Crippen LogP contribution in [0.25, 0.3) is 0 Å². The SMILES string of the molecule is FC(F)(F)c1cc([B-](c2cc(C(F)(F)F)cc(C(F)(F)F)c2)(c2cc(C(F)(F)F)cc(C(F)(F)F)c2)c2cc(C(F)(F)F)cc(C(F)(F)F)c2)cc(C(F)(F)F)c1.N#Cc1cncc[n+]1Cc1ccccc1.